The van der Waals surface area contributed by atoms with Crippen LogP contribution in [0.3, 0.4) is 0 Å². The molecule has 0 aliphatic heterocycles. The van der Waals surface area contributed by atoms with Crippen molar-refractivity contribution in [2.45, 2.75) is 0 Å². The maximum atomic E-state index is 12.8. The van der Waals surface area contributed by atoms with Crippen LogP contribution in [0.5, 0.6) is 0 Å². The van der Waals surface area contributed by atoms with Gasteiger partial charge in [-0.25, -0.2) is 0 Å². The van der Waals surface area contributed by atoms with Crippen molar-refractivity contribution in [2.24, 2.45) is 0 Å². The van der Waals surface area contributed by atoms with Gasteiger partial charge in [0.2, 0.25) is 0 Å². The molecule has 0 radical (unpaired) electrons. The zero-order chi connectivity index (χ0) is 17.1. The van der Waals surface area contributed by atoms with Gasteiger partial charge >= 0.3 is 0 Å². The van der Waals surface area contributed by atoms with Crippen molar-refractivity contribution >= 4 is 23.1 Å². The predicted octanol–water partition coefficient (Wildman–Crippen LogP) is 5.15. The van der Waals surface area contributed by atoms with E-state index in [4.69, 9.17) is 11.6 Å². The zero-order valence-corrected chi connectivity index (χ0v) is 13.2. The summed E-state index contributed by atoms with van der Waals surface area (Å²) in [5.74, 6) is -0.135. The van der Waals surface area contributed by atoms with E-state index in [1.54, 1.807) is 54.6 Å². The Hall–Kier alpha value is -2.98. The first-order valence-electron chi connectivity index (χ1n) is 7.21. The summed E-state index contributed by atoms with van der Waals surface area (Å²) in [6.45, 7) is 0. The average molecular weight is 338 g/mol. The van der Waals surface area contributed by atoms with Gasteiger partial charge in [0.1, 0.15) is 5.02 Å². The van der Waals surface area contributed by atoms with E-state index in [0.717, 1.165) is 0 Å². The van der Waals surface area contributed by atoms with Crippen molar-refractivity contribution in [1.29, 1.82) is 0 Å². The van der Waals surface area contributed by atoms with Crippen LogP contribution in [-0.2, 0) is 0 Å². The lowest BCUT2D eigenvalue weighted by Gasteiger charge is -2.09. The fourth-order valence-electron chi connectivity index (χ4n) is 2.50. The Morgan fingerprint density at radius 2 is 1.58 bits per heavy atom. The van der Waals surface area contributed by atoms with Crippen LogP contribution in [-0.4, -0.2) is 10.7 Å². The fourth-order valence-corrected chi connectivity index (χ4v) is 2.68. The molecule has 0 N–H and O–H groups in total. The van der Waals surface area contributed by atoms with Crippen molar-refractivity contribution in [1.82, 2.24) is 0 Å². The minimum absolute atomic E-state index is 0.0654. The first-order chi connectivity index (χ1) is 11.6. The number of carbonyl (C=O) groups excluding carboxylic acids is 1. The van der Waals surface area contributed by atoms with Gasteiger partial charge in [-0.3, -0.25) is 14.9 Å². The number of nitro groups is 1. The van der Waals surface area contributed by atoms with Crippen LogP contribution in [0.25, 0.3) is 11.1 Å². The summed E-state index contributed by atoms with van der Waals surface area (Å²) in [6, 6.07) is 20.5. The molecule has 118 valence electrons. The van der Waals surface area contributed by atoms with Gasteiger partial charge in [0.15, 0.2) is 5.78 Å². The van der Waals surface area contributed by atoms with Gasteiger partial charge in [0, 0.05) is 17.2 Å². The second-order valence-corrected chi connectivity index (χ2v) is 5.57. The Bertz CT molecular complexity index is 923. The molecule has 3 aromatic carbocycles. The predicted molar refractivity (Wildman–Crippen MR) is 93.4 cm³/mol. The highest BCUT2D eigenvalue weighted by molar-refractivity contribution is 6.32. The summed E-state index contributed by atoms with van der Waals surface area (Å²) in [7, 11) is 0. The molecule has 0 heterocycles. The minimum Gasteiger partial charge on any atom is -0.289 e. The smallest absolute Gasteiger partial charge is 0.288 e. The molecular weight excluding hydrogens is 326 g/mol. The molecule has 0 aliphatic rings. The number of nitro benzene ring substituents is 1. The summed E-state index contributed by atoms with van der Waals surface area (Å²) >= 11 is 5.87. The van der Waals surface area contributed by atoms with E-state index in [9.17, 15) is 14.9 Å². The molecule has 0 atom stereocenters. The van der Waals surface area contributed by atoms with Crippen LogP contribution in [0, 0.1) is 10.1 Å². The third-order valence-electron chi connectivity index (χ3n) is 3.66. The maximum Gasteiger partial charge on any atom is 0.288 e. The van der Waals surface area contributed by atoms with Crippen LogP contribution in [0.2, 0.25) is 5.02 Å². The fraction of sp³-hybridized carbons (Fsp3) is 0. The number of rotatable bonds is 4. The largest absolute Gasteiger partial charge is 0.289 e. The van der Waals surface area contributed by atoms with Crippen molar-refractivity contribution in [2.75, 3.05) is 0 Å². The molecule has 0 fully saturated rings. The van der Waals surface area contributed by atoms with E-state index < -0.39 is 4.92 Å². The molecule has 0 aromatic heterocycles. The van der Waals surface area contributed by atoms with E-state index in [0.29, 0.717) is 22.3 Å². The highest BCUT2D eigenvalue weighted by Gasteiger charge is 2.18. The second-order valence-electron chi connectivity index (χ2n) is 5.16. The average Bonchev–Trinajstić information content (AvgIpc) is 2.62. The topological polar surface area (TPSA) is 60.2 Å². The molecule has 0 unspecified atom stereocenters. The third-order valence-corrected chi connectivity index (χ3v) is 3.98. The lowest BCUT2D eigenvalue weighted by atomic mass is 9.94. The highest BCUT2D eigenvalue weighted by Crippen LogP contribution is 2.32. The normalized spacial score (nSPS) is 10.4. The molecule has 0 saturated heterocycles. The van der Waals surface area contributed by atoms with E-state index >= 15 is 0 Å². The summed E-state index contributed by atoms with van der Waals surface area (Å²) < 4.78 is 0. The van der Waals surface area contributed by atoms with Gasteiger partial charge in [-0.1, -0.05) is 72.3 Å². The minimum atomic E-state index is -0.534. The van der Waals surface area contributed by atoms with E-state index in [2.05, 4.69) is 0 Å². The van der Waals surface area contributed by atoms with Gasteiger partial charge in [0.05, 0.1) is 4.92 Å². The van der Waals surface area contributed by atoms with Crippen LogP contribution in [0.15, 0.2) is 72.8 Å². The van der Waals surface area contributed by atoms with Crippen LogP contribution in [0.4, 0.5) is 5.69 Å². The van der Waals surface area contributed by atoms with Gasteiger partial charge in [0.25, 0.3) is 5.69 Å². The zero-order valence-electron chi connectivity index (χ0n) is 12.5. The lowest BCUT2D eigenvalue weighted by Crippen LogP contribution is -2.03. The quantitative estimate of drug-likeness (QED) is 0.376. The van der Waals surface area contributed by atoms with E-state index in [-0.39, 0.29) is 16.5 Å². The number of ketones is 1. The van der Waals surface area contributed by atoms with Crippen molar-refractivity contribution in [3.63, 3.8) is 0 Å². The highest BCUT2D eigenvalue weighted by atomic mass is 35.5. The molecular formula is C19H12ClNO3. The standard InChI is InChI=1S/C19H12ClNO3/c20-17-11-10-14(12-18(17)21(23)24)15-8-4-5-9-16(15)19(22)13-6-2-1-3-7-13/h1-12H. The Kier molecular flexibility index (Phi) is 4.40. The Balaban J connectivity index is 2.12. The van der Waals surface area contributed by atoms with Crippen LogP contribution >= 0.6 is 11.6 Å². The second kappa shape index (κ2) is 6.64. The SMILES string of the molecule is O=C(c1ccccc1)c1ccccc1-c1ccc(Cl)c([N+](=O)[O-])c1. The molecule has 24 heavy (non-hydrogen) atoms. The van der Waals surface area contributed by atoms with E-state index in [1.165, 1.54) is 12.1 Å². The Labute approximate surface area is 143 Å². The number of carbonyl (C=O) groups is 1. The molecule has 0 spiro atoms. The molecule has 5 heteroatoms. The maximum absolute atomic E-state index is 12.8. The van der Waals surface area contributed by atoms with Crippen molar-refractivity contribution in [3.8, 4) is 11.1 Å². The van der Waals surface area contributed by atoms with Gasteiger partial charge in [-0.15, -0.1) is 0 Å². The van der Waals surface area contributed by atoms with Gasteiger partial charge < -0.3 is 0 Å². The summed E-state index contributed by atoms with van der Waals surface area (Å²) in [5, 5.41) is 11.2. The first-order valence-corrected chi connectivity index (χ1v) is 7.59. The van der Waals surface area contributed by atoms with Crippen LogP contribution in [0.1, 0.15) is 15.9 Å². The molecule has 0 saturated carbocycles. The molecule has 0 aliphatic carbocycles. The number of hydrogen-bond donors (Lipinski definition) is 0. The monoisotopic (exact) mass is 337 g/mol. The van der Waals surface area contributed by atoms with Gasteiger partial charge in [-0.05, 0) is 17.2 Å². The molecule has 4 nitrogen and oxygen atoms in total. The Morgan fingerprint density at radius 3 is 2.29 bits per heavy atom. The lowest BCUT2D eigenvalue weighted by molar-refractivity contribution is -0.384. The Morgan fingerprint density at radius 1 is 0.917 bits per heavy atom. The van der Waals surface area contributed by atoms with E-state index in [1.807, 2.05) is 6.07 Å². The number of nitrogens with zero attached hydrogens (tertiary/aromatic N) is 1. The van der Waals surface area contributed by atoms with Crippen LogP contribution < -0.4 is 0 Å². The van der Waals surface area contributed by atoms with Crippen molar-refractivity contribution in [3.05, 3.63) is 99.1 Å². The number of hydrogen-bond acceptors (Lipinski definition) is 3. The number of benzene rings is 3. The molecule has 0 bridgehead atoms. The number of halogens is 1. The molecule has 3 aromatic rings. The van der Waals surface area contributed by atoms with Crippen molar-refractivity contribution < 1.29 is 9.72 Å². The third kappa shape index (κ3) is 3.05. The molecule has 0 amide bonds. The summed E-state index contributed by atoms with van der Waals surface area (Å²) in [6.07, 6.45) is 0. The van der Waals surface area contributed by atoms with Gasteiger partial charge in [-0.2, -0.15) is 0 Å². The first kappa shape index (κ1) is 15.9. The summed E-state index contributed by atoms with van der Waals surface area (Å²) in [5.41, 5.74) is 2.07. The molecule has 3 rings (SSSR count). The summed E-state index contributed by atoms with van der Waals surface area (Å²) in [4.78, 5) is 23.3.